The van der Waals surface area contributed by atoms with Gasteiger partial charge in [-0.15, -0.1) is 0 Å². The average molecular weight is 248 g/mol. The first-order valence-electron chi connectivity index (χ1n) is 5.37. The molecule has 0 aliphatic rings. The normalized spacial score (nSPS) is 15.1. The number of hydrogen-bond donors (Lipinski definition) is 0. The molecule has 0 aromatic rings. The fourth-order valence-corrected chi connectivity index (χ4v) is 3.05. The highest BCUT2D eigenvalue weighted by Crippen LogP contribution is 2.37. The number of thioether (sulfide) groups is 1. The standard InChI is InChI=1S/C11H24O2SSi/c1-9(8-14-10(2)12)13-15(6,7)11(3,4)5/h9H,8H2,1-7H3/t9-/m0/s1. The van der Waals surface area contributed by atoms with Gasteiger partial charge >= 0.3 is 0 Å². The molecule has 0 unspecified atom stereocenters. The Morgan fingerprint density at radius 2 is 1.87 bits per heavy atom. The molecule has 0 aromatic heterocycles. The van der Waals surface area contributed by atoms with Gasteiger partial charge in [-0.25, -0.2) is 0 Å². The van der Waals surface area contributed by atoms with E-state index in [1.165, 1.54) is 11.8 Å². The molecule has 1 atom stereocenters. The van der Waals surface area contributed by atoms with Gasteiger partial charge in [-0.2, -0.15) is 0 Å². The van der Waals surface area contributed by atoms with Gasteiger partial charge < -0.3 is 4.43 Å². The second-order valence-corrected chi connectivity index (χ2v) is 11.4. The van der Waals surface area contributed by atoms with Crippen molar-refractivity contribution in [3.63, 3.8) is 0 Å². The zero-order valence-electron chi connectivity index (χ0n) is 11.0. The molecular formula is C11H24O2SSi. The van der Waals surface area contributed by atoms with Crippen LogP contribution in [-0.2, 0) is 9.22 Å². The Hall–Kier alpha value is 0.197. The van der Waals surface area contributed by atoms with Crippen molar-refractivity contribution in [1.82, 2.24) is 0 Å². The predicted molar refractivity (Wildman–Crippen MR) is 70.9 cm³/mol. The molecule has 0 spiro atoms. The van der Waals surface area contributed by atoms with E-state index in [0.29, 0.717) is 0 Å². The summed E-state index contributed by atoms with van der Waals surface area (Å²) in [6.07, 6.45) is 0.166. The maximum atomic E-state index is 10.8. The van der Waals surface area contributed by atoms with Crippen molar-refractivity contribution in [3.05, 3.63) is 0 Å². The molecule has 0 saturated carbocycles. The van der Waals surface area contributed by atoms with Gasteiger partial charge in [0.05, 0.1) is 6.10 Å². The molecular weight excluding hydrogens is 224 g/mol. The summed E-state index contributed by atoms with van der Waals surface area (Å²) in [4.78, 5) is 10.8. The third-order valence-corrected chi connectivity index (χ3v) is 8.47. The van der Waals surface area contributed by atoms with Crippen LogP contribution in [0.25, 0.3) is 0 Å². The number of carbonyl (C=O) groups excluding carboxylic acids is 1. The lowest BCUT2D eigenvalue weighted by molar-refractivity contribution is -0.109. The van der Waals surface area contributed by atoms with Crippen molar-refractivity contribution in [2.45, 2.75) is 58.9 Å². The molecule has 0 aromatic carbocycles. The maximum absolute atomic E-state index is 10.8. The summed E-state index contributed by atoms with van der Waals surface area (Å²) in [5.74, 6) is 0.766. The Morgan fingerprint density at radius 1 is 1.40 bits per heavy atom. The molecule has 0 aliphatic heterocycles. The van der Waals surface area contributed by atoms with E-state index in [4.69, 9.17) is 4.43 Å². The molecule has 4 heteroatoms. The summed E-state index contributed by atoms with van der Waals surface area (Å²) in [5, 5.41) is 0.406. The summed E-state index contributed by atoms with van der Waals surface area (Å²) in [6.45, 7) is 14.8. The molecule has 0 heterocycles. The minimum Gasteiger partial charge on any atom is -0.413 e. The van der Waals surface area contributed by atoms with Crippen LogP contribution in [-0.4, -0.2) is 25.3 Å². The van der Waals surface area contributed by atoms with Gasteiger partial charge in [0.2, 0.25) is 0 Å². The maximum Gasteiger partial charge on any atom is 0.192 e. The van der Waals surface area contributed by atoms with E-state index >= 15 is 0 Å². The first-order chi connectivity index (χ1) is 6.56. The van der Waals surface area contributed by atoms with Crippen LogP contribution in [0.2, 0.25) is 18.1 Å². The monoisotopic (exact) mass is 248 g/mol. The van der Waals surface area contributed by atoms with E-state index in [1.807, 2.05) is 0 Å². The first-order valence-corrected chi connectivity index (χ1v) is 9.27. The summed E-state index contributed by atoms with van der Waals surface area (Å²) >= 11 is 1.35. The van der Waals surface area contributed by atoms with Crippen molar-refractivity contribution in [1.29, 1.82) is 0 Å². The van der Waals surface area contributed by atoms with Crippen LogP contribution >= 0.6 is 11.8 Å². The van der Waals surface area contributed by atoms with E-state index in [0.717, 1.165) is 5.75 Å². The third-order valence-electron chi connectivity index (χ3n) is 2.82. The molecule has 0 N–H and O–H groups in total. The molecule has 0 aliphatic carbocycles. The molecule has 15 heavy (non-hydrogen) atoms. The zero-order chi connectivity index (χ0) is 12.3. The SMILES string of the molecule is CC(=O)SC[C@H](C)O[Si](C)(C)C(C)(C)C. The largest absolute Gasteiger partial charge is 0.413 e. The summed E-state index contributed by atoms with van der Waals surface area (Å²) < 4.78 is 6.12. The van der Waals surface area contributed by atoms with Crippen molar-refractivity contribution < 1.29 is 9.22 Å². The van der Waals surface area contributed by atoms with Crippen LogP contribution in [0.4, 0.5) is 0 Å². The van der Waals surface area contributed by atoms with Crippen LogP contribution in [0.1, 0.15) is 34.6 Å². The molecule has 0 bridgehead atoms. The molecule has 0 saturated heterocycles. The number of carbonyl (C=O) groups is 1. The molecule has 0 rings (SSSR count). The second kappa shape index (κ2) is 5.50. The highest BCUT2D eigenvalue weighted by atomic mass is 32.2. The Balaban J connectivity index is 4.16. The number of rotatable bonds is 4. The van der Waals surface area contributed by atoms with Crippen LogP contribution < -0.4 is 0 Å². The second-order valence-electron chi connectivity index (χ2n) is 5.49. The van der Waals surface area contributed by atoms with Crippen molar-refractivity contribution in [3.8, 4) is 0 Å². The van der Waals surface area contributed by atoms with Crippen molar-refractivity contribution in [2.24, 2.45) is 0 Å². The van der Waals surface area contributed by atoms with Crippen LogP contribution in [0, 0.1) is 0 Å². The van der Waals surface area contributed by atoms with Crippen LogP contribution in [0.5, 0.6) is 0 Å². The van der Waals surface area contributed by atoms with Gasteiger partial charge in [-0.1, -0.05) is 32.5 Å². The lowest BCUT2D eigenvalue weighted by Crippen LogP contribution is -2.43. The smallest absolute Gasteiger partial charge is 0.192 e. The Labute approximate surface area is 99.3 Å². The molecule has 0 radical (unpaired) electrons. The van der Waals surface area contributed by atoms with Gasteiger partial charge in [0.15, 0.2) is 13.4 Å². The number of hydrogen-bond acceptors (Lipinski definition) is 3. The van der Waals surface area contributed by atoms with Crippen LogP contribution in [0.15, 0.2) is 0 Å². The fourth-order valence-electron chi connectivity index (χ4n) is 0.948. The Morgan fingerprint density at radius 3 is 2.20 bits per heavy atom. The minimum absolute atomic E-state index is 0.166. The van der Waals surface area contributed by atoms with E-state index in [-0.39, 0.29) is 16.3 Å². The van der Waals surface area contributed by atoms with Gasteiger partial charge in [-0.05, 0) is 25.1 Å². The van der Waals surface area contributed by atoms with Gasteiger partial charge in [0, 0.05) is 12.7 Å². The van der Waals surface area contributed by atoms with E-state index in [9.17, 15) is 4.79 Å². The van der Waals surface area contributed by atoms with Gasteiger partial charge in [0.25, 0.3) is 0 Å². The van der Waals surface area contributed by atoms with Gasteiger partial charge in [-0.3, -0.25) is 4.79 Å². The topological polar surface area (TPSA) is 26.3 Å². The summed E-state index contributed by atoms with van der Waals surface area (Å²) in [7, 11) is -1.66. The quantitative estimate of drug-likeness (QED) is 0.710. The van der Waals surface area contributed by atoms with E-state index in [2.05, 4.69) is 40.8 Å². The van der Waals surface area contributed by atoms with Gasteiger partial charge in [0.1, 0.15) is 0 Å². The zero-order valence-corrected chi connectivity index (χ0v) is 12.8. The average Bonchev–Trinajstić information content (AvgIpc) is 1.97. The lowest BCUT2D eigenvalue weighted by atomic mass is 10.2. The minimum atomic E-state index is -1.66. The Kier molecular flexibility index (Phi) is 5.58. The van der Waals surface area contributed by atoms with Crippen molar-refractivity contribution in [2.75, 3.05) is 5.75 Å². The molecule has 90 valence electrons. The van der Waals surface area contributed by atoms with E-state index < -0.39 is 8.32 Å². The highest BCUT2D eigenvalue weighted by Gasteiger charge is 2.38. The molecule has 0 amide bonds. The molecule has 2 nitrogen and oxygen atoms in total. The van der Waals surface area contributed by atoms with Crippen molar-refractivity contribution >= 4 is 25.2 Å². The summed E-state index contributed by atoms with van der Waals surface area (Å²) in [6, 6.07) is 0. The summed E-state index contributed by atoms with van der Waals surface area (Å²) in [5.41, 5.74) is 0. The van der Waals surface area contributed by atoms with Crippen LogP contribution in [0.3, 0.4) is 0 Å². The third kappa shape index (κ3) is 5.73. The fraction of sp³-hybridized carbons (Fsp3) is 0.909. The molecule has 0 fully saturated rings. The predicted octanol–water partition coefficient (Wildman–Crippen LogP) is 3.68. The lowest BCUT2D eigenvalue weighted by Gasteiger charge is -2.38. The highest BCUT2D eigenvalue weighted by molar-refractivity contribution is 8.13. The van der Waals surface area contributed by atoms with E-state index in [1.54, 1.807) is 6.92 Å². The Bertz CT molecular complexity index is 221. The first kappa shape index (κ1) is 15.2.